The minimum Gasteiger partial charge on any atom is -0.381 e. The number of aliphatic imine (C=N–C) groups is 1. The van der Waals surface area contributed by atoms with Crippen LogP contribution in [0.4, 0.5) is 0 Å². The Morgan fingerprint density at radius 3 is 2.26 bits per heavy atom. The van der Waals surface area contributed by atoms with E-state index in [-0.39, 0.29) is 24.0 Å². The van der Waals surface area contributed by atoms with Crippen LogP contribution in [0.15, 0.2) is 4.99 Å². The van der Waals surface area contributed by atoms with Gasteiger partial charge in [-0.05, 0) is 12.8 Å². The zero-order chi connectivity index (χ0) is 13.5. The van der Waals surface area contributed by atoms with Crippen LogP contribution in [-0.4, -0.2) is 39.8 Å². The summed E-state index contributed by atoms with van der Waals surface area (Å²) < 4.78 is 5.59. The molecule has 0 aliphatic carbocycles. The van der Waals surface area contributed by atoms with Gasteiger partial charge in [-0.1, -0.05) is 39.0 Å². The van der Waals surface area contributed by atoms with Crippen LogP contribution in [0.5, 0.6) is 0 Å². The van der Waals surface area contributed by atoms with E-state index in [1.165, 1.54) is 38.5 Å². The van der Waals surface area contributed by atoms with Crippen molar-refractivity contribution >= 4 is 29.9 Å². The molecule has 0 aromatic heterocycles. The van der Waals surface area contributed by atoms with Crippen LogP contribution in [0.25, 0.3) is 0 Å². The summed E-state index contributed by atoms with van der Waals surface area (Å²) in [5, 5.41) is 6.19. The van der Waals surface area contributed by atoms with E-state index >= 15 is 0 Å². The number of guanidine groups is 1. The third-order valence-electron chi connectivity index (χ3n) is 2.86. The first-order valence-electron chi connectivity index (χ1n) is 7.31. The number of nitrogens with zero attached hydrogens (tertiary/aromatic N) is 1. The highest BCUT2D eigenvalue weighted by Crippen LogP contribution is 2.04. The van der Waals surface area contributed by atoms with Crippen molar-refractivity contribution in [2.24, 2.45) is 4.99 Å². The molecular formula is C14H32IN3O. The zero-order valence-electron chi connectivity index (χ0n) is 12.8. The van der Waals surface area contributed by atoms with Crippen LogP contribution in [0.3, 0.4) is 0 Å². The fourth-order valence-corrected chi connectivity index (χ4v) is 1.75. The predicted octanol–water partition coefficient (Wildman–Crippen LogP) is 3.17. The summed E-state index contributed by atoms with van der Waals surface area (Å²) in [7, 11) is 3.64. The molecule has 0 saturated carbocycles. The molecule has 0 fully saturated rings. The summed E-state index contributed by atoms with van der Waals surface area (Å²) in [5.74, 6) is 0.839. The molecule has 0 saturated heterocycles. The highest BCUT2D eigenvalue weighted by atomic mass is 127. The van der Waals surface area contributed by atoms with Gasteiger partial charge in [0.05, 0.1) is 0 Å². The Morgan fingerprint density at radius 2 is 1.63 bits per heavy atom. The number of hydrogen-bond acceptors (Lipinski definition) is 2. The molecule has 5 heteroatoms. The van der Waals surface area contributed by atoms with Gasteiger partial charge in [0.15, 0.2) is 5.96 Å². The monoisotopic (exact) mass is 385 g/mol. The molecule has 0 heterocycles. The second-order valence-corrected chi connectivity index (χ2v) is 4.48. The summed E-state index contributed by atoms with van der Waals surface area (Å²) in [4.78, 5) is 4.04. The molecule has 116 valence electrons. The van der Waals surface area contributed by atoms with Gasteiger partial charge in [-0.15, -0.1) is 24.0 Å². The fraction of sp³-hybridized carbons (Fsp3) is 0.929. The van der Waals surface area contributed by atoms with E-state index in [1.54, 1.807) is 7.05 Å². The standard InChI is InChI=1S/C14H31N3O.HI/c1-4-5-6-7-8-9-12-18-13-10-11-17-14(15-2)16-3;/h4-13H2,1-3H3,(H2,15,16,17);1H. The molecule has 0 amide bonds. The van der Waals surface area contributed by atoms with E-state index in [0.29, 0.717) is 0 Å². The Balaban J connectivity index is 0. The van der Waals surface area contributed by atoms with Crippen LogP contribution in [0.2, 0.25) is 0 Å². The van der Waals surface area contributed by atoms with Crippen LogP contribution >= 0.6 is 24.0 Å². The fourth-order valence-electron chi connectivity index (χ4n) is 1.75. The lowest BCUT2D eigenvalue weighted by atomic mass is 10.1. The van der Waals surface area contributed by atoms with Crippen molar-refractivity contribution in [3.8, 4) is 0 Å². The Bertz CT molecular complexity index is 201. The summed E-state index contributed by atoms with van der Waals surface area (Å²) in [6.45, 7) is 4.90. The molecule has 0 aliphatic rings. The van der Waals surface area contributed by atoms with Crippen LogP contribution in [0, 0.1) is 0 Å². The summed E-state index contributed by atoms with van der Waals surface area (Å²) in [5.41, 5.74) is 0. The smallest absolute Gasteiger partial charge is 0.190 e. The van der Waals surface area contributed by atoms with E-state index < -0.39 is 0 Å². The van der Waals surface area contributed by atoms with Crippen molar-refractivity contribution in [1.82, 2.24) is 10.6 Å². The minimum absolute atomic E-state index is 0. The van der Waals surface area contributed by atoms with Gasteiger partial charge in [-0.25, -0.2) is 0 Å². The number of hydrogen-bond donors (Lipinski definition) is 2. The van der Waals surface area contributed by atoms with Crippen molar-refractivity contribution in [2.75, 3.05) is 33.9 Å². The van der Waals surface area contributed by atoms with Gasteiger partial charge >= 0.3 is 0 Å². The van der Waals surface area contributed by atoms with Crippen molar-refractivity contribution in [1.29, 1.82) is 0 Å². The first-order chi connectivity index (χ1) is 8.85. The topological polar surface area (TPSA) is 45.6 Å². The molecule has 0 unspecified atom stereocenters. The molecule has 2 N–H and O–H groups in total. The van der Waals surface area contributed by atoms with Crippen molar-refractivity contribution in [3.05, 3.63) is 0 Å². The number of ether oxygens (including phenoxy) is 1. The lowest BCUT2D eigenvalue weighted by molar-refractivity contribution is 0.128. The maximum absolute atomic E-state index is 5.59. The van der Waals surface area contributed by atoms with Crippen molar-refractivity contribution in [2.45, 2.75) is 51.9 Å². The quantitative estimate of drug-likeness (QED) is 0.249. The highest BCUT2D eigenvalue weighted by Gasteiger charge is 1.94. The third kappa shape index (κ3) is 15.9. The molecule has 4 nitrogen and oxygen atoms in total. The third-order valence-corrected chi connectivity index (χ3v) is 2.86. The average molecular weight is 385 g/mol. The average Bonchev–Trinajstić information content (AvgIpc) is 2.40. The molecule has 0 aromatic rings. The van der Waals surface area contributed by atoms with E-state index in [2.05, 4.69) is 22.5 Å². The Morgan fingerprint density at radius 1 is 1.00 bits per heavy atom. The molecule has 0 bridgehead atoms. The summed E-state index contributed by atoms with van der Waals surface area (Å²) in [6, 6.07) is 0. The Kier molecular flexibility index (Phi) is 20.1. The lowest BCUT2D eigenvalue weighted by Crippen LogP contribution is -2.35. The molecule has 0 spiro atoms. The summed E-state index contributed by atoms with van der Waals surface area (Å²) in [6.07, 6.45) is 8.97. The maximum atomic E-state index is 5.59. The Hall–Kier alpha value is -0.0400. The zero-order valence-corrected chi connectivity index (χ0v) is 15.2. The van der Waals surface area contributed by atoms with E-state index in [4.69, 9.17) is 4.74 Å². The van der Waals surface area contributed by atoms with Gasteiger partial charge in [0.2, 0.25) is 0 Å². The molecular weight excluding hydrogens is 353 g/mol. The molecule has 0 atom stereocenters. The number of rotatable bonds is 11. The van der Waals surface area contributed by atoms with Gasteiger partial charge in [0.1, 0.15) is 0 Å². The SMILES string of the molecule is CCCCCCCCOCCCNC(=NC)NC.I. The van der Waals surface area contributed by atoms with Crippen LogP contribution in [-0.2, 0) is 4.74 Å². The van der Waals surface area contributed by atoms with Crippen molar-refractivity contribution in [3.63, 3.8) is 0 Å². The van der Waals surface area contributed by atoms with Gasteiger partial charge in [0, 0.05) is 33.9 Å². The minimum atomic E-state index is 0. The molecule has 0 aliphatic heterocycles. The molecule has 19 heavy (non-hydrogen) atoms. The van der Waals surface area contributed by atoms with Crippen LogP contribution in [0.1, 0.15) is 51.9 Å². The summed E-state index contributed by atoms with van der Waals surface area (Å²) >= 11 is 0. The Labute approximate surface area is 136 Å². The van der Waals surface area contributed by atoms with Gasteiger partial charge in [-0.3, -0.25) is 4.99 Å². The first-order valence-corrected chi connectivity index (χ1v) is 7.31. The van der Waals surface area contributed by atoms with Gasteiger partial charge < -0.3 is 15.4 Å². The molecule has 0 rings (SSSR count). The number of unbranched alkanes of at least 4 members (excludes halogenated alkanes) is 5. The van der Waals surface area contributed by atoms with Crippen molar-refractivity contribution < 1.29 is 4.74 Å². The normalized spacial score (nSPS) is 11.0. The molecule has 0 aromatic carbocycles. The predicted molar refractivity (Wildman–Crippen MR) is 94.6 cm³/mol. The van der Waals surface area contributed by atoms with Crippen LogP contribution < -0.4 is 10.6 Å². The number of halogens is 1. The molecule has 0 radical (unpaired) electrons. The van der Waals surface area contributed by atoms with E-state index in [1.807, 2.05) is 7.05 Å². The second-order valence-electron chi connectivity index (χ2n) is 4.48. The van der Waals surface area contributed by atoms with E-state index in [9.17, 15) is 0 Å². The second kappa shape index (κ2) is 18.0. The largest absolute Gasteiger partial charge is 0.381 e. The van der Waals surface area contributed by atoms with Gasteiger partial charge in [0.25, 0.3) is 0 Å². The first kappa shape index (κ1) is 21.3. The lowest BCUT2D eigenvalue weighted by Gasteiger charge is -2.08. The highest BCUT2D eigenvalue weighted by molar-refractivity contribution is 14.0. The van der Waals surface area contributed by atoms with E-state index in [0.717, 1.165) is 32.1 Å². The maximum Gasteiger partial charge on any atom is 0.190 e. The van der Waals surface area contributed by atoms with Gasteiger partial charge in [-0.2, -0.15) is 0 Å². The number of nitrogens with one attached hydrogen (secondary N) is 2.